The molecule has 0 bridgehead atoms. The fraction of sp³-hybridized carbons (Fsp3) is 0.278. The molecule has 3 amide bonds. The number of fused-ring (bicyclic) bond motifs is 1. The van der Waals surface area contributed by atoms with E-state index in [1.54, 1.807) is 6.92 Å². The standard InChI is InChI=1S/C18H20N2O4S/c1-3-19-18(23)20-17(22)12(2)24-16(21)11-25-15-9-8-13-6-4-5-7-14(13)10-15/h4-10,12H,3,11H2,1-2H3,(H2,19,20,22,23)/t12-/m1/s1. The van der Waals surface area contributed by atoms with Gasteiger partial charge in [-0.25, -0.2) is 4.79 Å². The summed E-state index contributed by atoms with van der Waals surface area (Å²) in [7, 11) is 0. The molecular formula is C18H20N2O4S. The van der Waals surface area contributed by atoms with Crippen LogP contribution in [-0.2, 0) is 14.3 Å². The second-order valence-corrected chi connectivity index (χ2v) is 6.33. The van der Waals surface area contributed by atoms with Gasteiger partial charge in [0.1, 0.15) is 0 Å². The minimum Gasteiger partial charge on any atom is -0.452 e. The Kier molecular flexibility index (Phi) is 6.82. The second-order valence-electron chi connectivity index (χ2n) is 5.28. The van der Waals surface area contributed by atoms with Gasteiger partial charge in [0.2, 0.25) is 0 Å². The fourth-order valence-electron chi connectivity index (χ4n) is 2.10. The maximum atomic E-state index is 11.9. The zero-order chi connectivity index (χ0) is 18.2. The van der Waals surface area contributed by atoms with Gasteiger partial charge in [0.25, 0.3) is 5.91 Å². The zero-order valence-corrected chi connectivity index (χ0v) is 14.9. The molecule has 0 fully saturated rings. The van der Waals surface area contributed by atoms with Crippen molar-refractivity contribution in [3.05, 3.63) is 42.5 Å². The van der Waals surface area contributed by atoms with Crippen LogP contribution in [0.3, 0.4) is 0 Å². The molecule has 0 spiro atoms. The number of imide groups is 1. The van der Waals surface area contributed by atoms with Crippen LogP contribution in [0.5, 0.6) is 0 Å². The molecule has 2 aromatic carbocycles. The lowest BCUT2D eigenvalue weighted by Gasteiger charge is -2.13. The summed E-state index contributed by atoms with van der Waals surface area (Å²) in [6.07, 6.45) is -1.03. The van der Waals surface area contributed by atoms with Crippen LogP contribution in [0.15, 0.2) is 47.4 Å². The molecule has 6 nitrogen and oxygen atoms in total. The van der Waals surface area contributed by atoms with E-state index >= 15 is 0 Å². The first-order valence-corrected chi connectivity index (χ1v) is 8.88. The third-order valence-electron chi connectivity index (χ3n) is 3.33. The van der Waals surface area contributed by atoms with Crippen molar-refractivity contribution in [2.45, 2.75) is 24.8 Å². The number of carbonyl (C=O) groups is 3. The Morgan fingerprint density at radius 3 is 2.56 bits per heavy atom. The van der Waals surface area contributed by atoms with E-state index in [1.165, 1.54) is 18.7 Å². The quantitative estimate of drug-likeness (QED) is 0.611. The number of benzene rings is 2. The van der Waals surface area contributed by atoms with E-state index in [4.69, 9.17) is 4.74 Å². The molecule has 132 valence electrons. The van der Waals surface area contributed by atoms with Gasteiger partial charge in [0.15, 0.2) is 6.10 Å². The highest BCUT2D eigenvalue weighted by Crippen LogP contribution is 2.23. The van der Waals surface area contributed by atoms with Crippen LogP contribution in [0.25, 0.3) is 10.8 Å². The summed E-state index contributed by atoms with van der Waals surface area (Å²) in [5, 5.41) is 6.76. The summed E-state index contributed by atoms with van der Waals surface area (Å²) in [4.78, 5) is 35.8. The van der Waals surface area contributed by atoms with Crippen LogP contribution in [0.2, 0.25) is 0 Å². The molecule has 7 heteroatoms. The summed E-state index contributed by atoms with van der Waals surface area (Å²) in [6, 6.07) is 13.3. The van der Waals surface area contributed by atoms with Gasteiger partial charge in [0.05, 0.1) is 5.75 Å². The van der Waals surface area contributed by atoms with Gasteiger partial charge in [-0.3, -0.25) is 14.9 Å². The van der Waals surface area contributed by atoms with Crippen molar-refractivity contribution in [1.82, 2.24) is 10.6 Å². The van der Waals surface area contributed by atoms with Gasteiger partial charge in [-0.2, -0.15) is 0 Å². The maximum Gasteiger partial charge on any atom is 0.321 e. The van der Waals surface area contributed by atoms with Crippen molar-refractivity contribution in [3.63, 3.8) is 0 Å². The summed E-state index contributed by atoms with van der Waals surface area (Å²) in [5.41, 5.74) is 0. The molecule has 0 aromatic heterocycles. The Balaban J connectivity index is 1.82. The maximum absolute atomic E-state index is 11.9. The number of amides is 3. The highest BCUT2D eigenvalue weighted by molar-refractivity contribution is 8.00. The highest BCUT2D eigenvalue weighted by atomic mass is 32.2. The predicted octanol–water partition coefficient (Wildman–Crippen LogP) is 2.71. The largest absolute Gasteiger partial charge is 0.452 e. The number of thioether (sulfide) groups is 1. The second kappa shape index (κ2) is 9.08. The van der Waals surface area contributed by atoms with Gasteiger partial charge in [0, 0.05) is 11.4 Å². The summed E-state index contributed by atoms with van der Waals surface area (Å²) < 4.78 is 5.05. The third kappa shape index (κ3) is 5.79. The number of hydrogen-bond acceptors (Lipinski definition) is 5. The van der Waals surface area contributed by atoms with Crippen molar-refractivity contribution in [3.8, 4) is 0 Å². The number of ether oxygens (including phenoxy) is 1. The van der Waals surface area contributed by atoms with Crippen molar-refractivity contribution < 1.29 is 19.1 Å². The van der Waals surface area contributed by atoms with Crippen LogP contribution < -0.4 is 10.6 Å². The molecule has 0 saturated carbocycles. The first-order chi connectivity index (χ1) is 12.0. The summed E-state index contributed by atoms with van der Waals surface area (Å²) in [6.45, 7) is 3.56. The Labute approximate surface area is 150 Å². The normalized spacial score (nSPS) is 11.6. The molecule has 1 atom stereocenters. The van der Waals surface area contributed by atoms with Crippen LogP contribution in [0.4, 0.5) is 4.79 Å². The SMILES string of the molecule is CCNC(=O)NC(=O)[C@@H](C)OC(=O)CSc1ccc2ccccc2c1. The average molecular weight is 360 g/mol. The number of carbonyl (C=O) groups excluding carboxylic acids is 3. The Morgan fingerprint density at radius 2 is 1.84 bits per heavy atom. The molecule has 0 aliphatic rings. The van der Waals surface area contributed by atoms with E-state index in [0.717, 1.165) is 15.7 Å². The van der Waals surface area contributed by atoms with Gasteiger partial charge >= 0.3 is 12.0 Å². The molecule has 0 aliphatic carbocycles. The Morgan fingerprint density at radius 1 is 1.12 bits per heavy atom. The smallest absolute Gasteiger partial charge is 0.321 e. The number of hydrogen-bond donors (Lipinski definition) is 2. The lowest BCUT2D eigenvalue weighted by atomic mass is 10.1. The summed E-state index contributed by atoms with van der Waals surface area (Å²) in [5.74, 6) is -1.09. The van der Waals surface area contributed by atoms with Gasteiger partial charge in [-0.05, 0) is 36.8 Å². The lowest BCUT2D eigenvalue weighted by molar-refractivity contribution is -0.151. The van der Waals surface area contributed by atoms with Crippen molar-refractivity contribution >= 4 is 40.4 Å². The highest BCUT2D eigenvalue weighted by Gasteiger charge is 2.19. The molecule has 0 aliphatic heterocycles. The minimum absolute atomic E-state index is 0.0805. The lowest BCUT2D eigenvalue weighted by Crippen LogP contribution is -2.44. The molecule has 0 radical (unpaired) electrons. The number of rotatable bonds is 6. The predicted molar refractivity (Wildman–Crippen MR) is 97.4 cm³/mol. The molecule has 2 rings (SSSR count). The number of esters is 1. The molecule has 0 saturated heterocycles. The molecule has 25 heavy (non-hydrogen) atoms. The zero-order valence-electron chi connectivity index (χ0n) is 14.1. The van der Waals surface area contributed by atoms with E-state index in [-0.39, 0.29) is 5.75 Å². The first kappa shape index (κ1) is 18.8. The fourth-order valence-corrected chi connectivity index (χ4v) is 2.83. The molecular weight excluding hydrogens is 340 g/mol. The summed E-state index contributed by atoms with van der Waals surface area (Å²) >= 11 is 1.33. The van der Waals surface area contributed by atoms with Crippen molar-refractivity contribution in [2.75, 3.05) is 12.3 Å². The molecule has 0 unspecified atom stereocenters. The van der Waals surface area contributed by atoms with Crippen molar-refractivity contribution in [1.29, 1.82) is 0 Å². The monoisotopic (exact) mass is 360 g/mol. The minimum atomic E-state index is -1.03. The van der Waals surface area contributed by atoms with Gasteiger partial charge < -0.3 is 10.1 Å². The Bertz CT molecular complexity index is 779. The van der Waals surface area contributed by atoms with E-state index in [0.29, 0.717) is 6.54 Å². The van der Waals surface area contributed by atoms with E-state index in [2.05, 4.69) is 10.6 Å². The van der Waals surface area contributed by atoms with E-state index < -0.39 is 24.0 Å². The number of nitrogens with one attached hydrogen (secondary N) is 2. The Hall–Kier alpha value is -2.54. The third-order valence-corrected chi connectivity index (χ3v) is 4.30. The van der Waals surface area contributed by atoms with Crippen LogP contribution in [-0.4, -0.2) is 36.3 Å². The van der Waals surface area contributed by atoms with Crippen LogP contribution in [0, 0.1) is 0 Å². The molecule has 2 N–H and O–H groups in total. The van der Waals surface area contributed by atoms with Crippen molar-refractivity contribution in [2.24, 2.45) is 0 Å². The molecule has 2 aromatic rings. The van der Waals surface area contributed by atoms with Crippen LogP contribution in [0.1, 0.15) is 13.8 Å². The van der Waals surface area contributed by atoms with E-state index in [1.807, 2.05) is 42.5 Å². The van der Waals surface area contributed by atoms with E-state index in [9.17, 15) is 14.4 Å². The van der Waals surface area contributed by atoms with Crippen LogP contribution >= 0.6 is 11.8 Å². The topological polar surface area (TPSA) is 84.5 Å². The molecule has 0 heterocycles. The number of urea groups is 1. The van der Waals surface area contributed by atoms with Gasteiger partial charge in [-0.1, -0.05) is 30.3 Å². The van der Waals surface area contributed by atoms with Gasteiger partial charge in [-0.15, -0.1) is 11.8 Å². The first-order valence-electron chi connectivity index (χ1n) is 7.89. The average Bonchev–Trinajstić information content (AvgIpc) is 2.59.